The zero-order valence-electron chi connectivity index (χ0n) is 12.8. The first-order valence-electron chi connectivity index (χ1n) is 7.26. The molecule has 2 nitrogen and oxygen atoms in total. The molecule has 0 fully saturated rings. The van der Waals surface area contributed by atoms with Crippen LogP contribution in [0.5, 0.6) is 5.75 Å². The van der Waals surface area contributed by atoms with Gasteiger partial charge >= 0.3 is 0 Å². The Morgan fingerprint density at radius 2 is 1.81 bits per heavy atom. The number of rotatable bonds is 6. The molecule has 1 N–H and O–H groups in total. The van der Waals surface area contributed by atoms with E-state index in [9.17, 15) is 0 Å². The van der Waals surface area contributed by atoms with Crippen LogP contribution in [0.25, 0.3) is 11.1 Å². The van der Waals surface area contributed by atoms with E-state index in [0.717, 1.165) is 29.8 Å². The SMILES string of the molecule is CCC(C)(CNC)Oc1ccc(-c2ccccc2)cc1Cl. The molecular formula is C18H22ClNO. The Balaban J connectivity index is 2.24. The molecule has 0 heterocycles. The van der Waals surface area contributed by atoms with Crippen LogP contribution in [0.4, 0.5) is 0 Å². The predicted octanol–water partition coefficient (Wildman–Crippen LogP) is 4.77. The van der Waals surface area contributed by atoms with Gasteiger partial charge in [-0.15, -0.1) is 0 Å². The molecule has 0 aliphatic heterocycles. The lowest BCUT2D eigenvalue weighted by molar-refractivity contribution is 0.0859. The third-order valence-electron chi connectivity index (χ3n) is 3.69. The second kappa shape index (κ2) is 6.97. The van der Waals surface area contributed by atoms with Gasteiger partial charge in [0, 0.05) is 6.54 Å². The number of halogens is 1. The van der Waals surface area contributed by atoms with Crippen molar-refractivity contribution < 1.29 is 4.74 Å². The molecular weight excluding hydrogens is 282 g/mol. The lowest BCUT2D eigenvalue weighted by Crippen LogP contribution is -2.41. The van der Waals surface area contributed by atoms with E-state index in [1.54, 1.807) is 0 Å². The largest absolute Gasteiger partial charge is 0.485 e. The van der Waals surface area contributed by atoms with Crippen LogP contribution in [0, 0.1) is 0 Å². The summed E-state index contributed by atoms with van der Waals surface area (Å²) < 4.78 is 6.12. The highest BCUT2D eigenvalue weighted by Crippen LogP contribution is 2.33. The summed E-state index contributed by atoms with van der Waals surface area (Å²) in [5, 5.41) is 3.81. The number of hydrogen-bond donors (Lipinski definition) is 1. The lowest BCUT2D eigenvalue weighted by atomic mass is 10.0. The number of hydrogen-bond acceptors (Lipinski definition) is 2. The van der Waals surface area contributed by atoms with Crippen molar-refractivity contribution in [2.24, 2.45) is 0 Å². The minimum atomic E-state index is -0.257. The molecule has 2 rings (SSSR count). The molecule has 0 amide bonds. The van der Waals surface area contributed by atoms with Gasteiger partial charge in [-0.05, 0) is 43.7 Å². The Morgan fingerprint density at radius 1 is 1.10 bits per heavy atom. The van der Waals surface area contributed by atoms with Gasteiger partial charge in [-0.2, -0.15) is 0 Å². The van der Waals surface area contributed by atoms with Gasteiger partial charge < -0.3 is 10.1 Å². The summed E-state index contributed by atoms with van der Waals surface area (Å²) >= 11 is 6.40. The Bertz CT molecular complexity index is 585. The van der Waals surface area contributed by atoms with Crippen molar-refractivity contribution in [1.82, 2.24) is 5.32 Å². The van der Waals surface area contributed by atoms with Gasteiger partial charge in [-0.3, -0.25) is 0 Å². The third-order valence-corrected chi connectivity index (χ3v) is 3.99. The predicted molar refractivity (Wildman–Crippen MR) is 90.1 cm³/mol. The van der Waals surface area contributed by atoms with E-state index in [2.05, 4.69) is 31.3 Å². The molecule has 3 heteroatoms. The summed E-state index contributed by atoms with van der Waals surface area (Å²) in [4.78, 5) is 0. The van der Waals surface area contributed by atoms with Crippen LogP contribution in [0.1, 0.15) is 20.3 Å². The second-order valence-electron chi connectivity index (χ2n) is 5.45. The van der Waals surface area contributed by atoms with Crippen molar-refractivity contribution in [3.05, 3.63) is 53.6 Å². The van der Waals surface area contributed by atoms with E-state index in [1.165, 1.54) is 0 Å². The molecule has 21 heavy (non-hydrogen) atoms. The van der Waals surface area contributed by atoms with Crippen LogP contribution < -0.4 is 10.1 Å². The van der Waals surface area contributed by atoms with Gasteiger partial charge in [0.05, 0.1) is 5.02 Å². The van der Waals surface area contributed by atoms with Crippen LogP contribution in [-0.4, -0.2) is 19.2 Å². The van der Waals surface area contributed by atoms with Crippen LogP contribution in [-0.2, 0) is 0 Å². The number of nitrogens with one attached hydrogen (secondary N) is 1. The fourth-order valence-corrected chi connectivity index (χ4v) is 2.49. The average molecular weight is 304 g/mol. The second-order valence-corrected chi connectivity index (χ2v) is 5.85. The molecule has 1 unspecified atom stereocenters. The maximum absolute atomic E-state index is 6.40. The zero-order valence-corrected chi connectivity index (χ0v) is 13.6. The van der Waals surface area contributed by atoms with Crippen molar-refractivity contribution in [2.75, 3.05) is 13.6 Å². The molecule has 1 atom stereocenters. The molecule has 2 aromatic carbocycles. The van der Waals surface area contributed by atoms with E-state index in [1.807, 2.05) is 43.4 Å². The van der Waals surface area contributed by atoms with Gasteiger partial charge in [0.1, 0.15) is 11.4 Å². The summed E-state index contributed by atoms with van der Waals surface area (Å²) in [7, 11) is 1.93. The Kier molecular flexibility index (Phi) is 5.27. The molecule has 0 bridgehead atoms. The van der Waals surface area contributed by atoms with E-state index in [4.69, 9.17) is 16.3 Å². The van der Waals surface area contributed by atoms with Gasteiger partial charge in [-0.1, -0.05) is 54.9 Å². The van der Waals surface area contributed by atoms with E-state index >= 15 is 0 Å². The van der Waals surface area contributed by atoms with E-state index in [-0.39, 0.29) is 5.60 Å². The van der Waals surface area contributed by atoms with Gasteiger partial charge in [-0.25, -0.2) is 0 Å². The van der Waals surface area contributed by atoms with Crippen molar-refractivity contribution >= 4 is 11.6 Å². The first kappa shape index (κ1) is 15.9. The van der Waals surface area contributed by atoms with Crippen LogP contribution in [0.3, 0.4) is 0 Å². The molecule has 0 spiro atoms. The fraction of sp³-hybridized carbons (Fsp3) is 0.333. The molecule has 0 aliphatic rings. The van der Waals surface area contributed by atoms with Crippen molar-refractivity contribution in [3.8, 4) is 16.9 Å². The van der Waals surface area contributed by atoms with Gasteiger partial charge in [0.2, 0.25) is 0 Å². The highest BCUT2D eigenvalue weighted by molar-refractivity contribution is 6.32. The van der Waals surface area contributed by atoms with E-state index in [0.29, 0.717) is 5.02 Å². The summed E-state index contributed by atoms with van der Waals surface area (Å²) in [5.41, 5.74) is 1.99. The summed E-state index contributed by atoms with van der Waals surface area (Å²) in [6, 6.07) is 16.2. The molecule has 112 valence electrons. The maximum atomic E-state index is 6.40. The van der Waals surface area contributed by atoms with Crippen LogP contribution >= 0.6 is 11.6 Å². The average Bonchev–Trinajstić information content (AvgIpc) is 2.50. The number of ether oxygens (including phenoxy) is 1. The zero-order chi connectivity index (χ0) is 15.3. The molecule has 2 aromatic rings. The van der Waals surface area contributed by atoms with E-state index < -0.39 is 0 Å². The number of likely N-dealkylation sites (N-methyl/N-ethyl adjacent to an activating group) is 1. The third kappa shape index (κ3) is 3.99. The Morgan fingerprint density at radius 3 is 2.38 bits per heavy atom. The molecule has 0 aromatic heterocycles. The topological polar surface area (TPSA) is 21.3 Å². The summed E-state index contributed by atoms with van der Waals surface area (Å²) in [6.45, 7) is 4.98. The molecule has 0 saturated carbocycles. The van der Waals surface area contributed by atoms with Crippen molar-refractivity contribution in [3.63, 3.8) is 0 Å². The molecule has 0 aliphatic carbocycles. The normalized spacial score (nSPS) is 13.7. The fourth-order valence-electron chi connectivity index (χ4n) is 2.27. The molecule has 0 radical (unpaired) electrons. The van der Waals surface area contributed by atoms with Crippen molar-refractivity contribution in [1.29, 1.82) is 0 Å². The maximum Gasteiger partial charge on any atom is 0.138 e. The minimum absolute atomic E-state index is 0.257. The van der Waals surface area contributed by atoms with Gasteiger partial charge in [0.25, 0.3) is 0 Å². The smallest absolute Gasteiger partial charge is 0.138 e. The first-order valence-corrected chi connectivity index (χ1v) is 7.64. The standard InChI is InChI=1S/C18H22ClNO/c1-4-18(2,13-20-3)21-17-11-10-15(12-16(17)19)14-8-6-5-7-9-14/h5-12,20H,4,13H2,1-3H3. The monoisotopic (exact) mass is 303 g/mol. The number of benzene rings is 2. The van der Waals surface area contributed by atoms with Crippen LogP contribution in [0.2, 0.25) is 5.02 Å². The van der Waals surface area contributed by atoms with Crippen molar-refractivity contribution in [2.45, 2.75) is 25.9 Å². The summed E-state index contributed by atoms with van der Waals surface area (Å²) in [5.74, 6) is 0.732. The molecule has 0 saturated heterocycles. The Labute approximate surface area is 132 Å². The highest BCUT2D eigenvalue weighted by atomic mass is 35.5. The Hall–Kier alpha value is -1.51. The lowest BCUT2D eigenvalue weighted by Gasteiger charge is -2.30. The quantitative estimate of drug-likeness (QED) is 0.829. The van der Waals surface area contributed by atoms with Gasteiger partial charge in [0.15, 0.2) is 0 Å². The first-order chi connectivity index (χ1) is 10.1. The van der Waals surface area contributed by atoms with Crippen LogP contribution in [0.15, 0.2) is 48.5 Å². The minimum Gasteiger partial charge on any atom is -0.485 e. The highest BCUT2D eigenvalue weighted by Gasteiger charge is 2.24. The summed E-state index contributed by atoms with van der Waals surface area (Å²) in [6.07, 6.45) is 0.907.